The zero-order valence-corrected chi connectivity index (χ0v) is 25.9. The van der Waals surface area contributed by atoms with Crippen molar-refractivity contribution in [3.8, 4) is 0 Å². The normalized spacial score (nSPS) is 10.9. The van der Waals surface area contributed by atoms with Crippen LogP contribution in [0.4, 0.5) is 10.2 Å². The Morgan fingerprint density at radius 1 is 0.923 bits per heavy atom. The lowest BCUT2D eigenvalue weighted by Crippen LogP contribution is -2.14. The van der Waals surface area contributed by atoms with Gasteiger partial charge in [0.25, 0.3) is 0 Å². The number of fused-ring (bicyclic) bond motifs is 1. The smallest absolute Gasteiger partial charge is 0.156 e. The molecule has 0 spiro atoms. The fourth-order valence-corrected chi connectivity index (χ4v) is 3.86. The van der Waals surface area contributed by atoms with Crippen molar-refractivity contribution in [1.29, 1.82) is 0 Å². The molecule has 0 amide bonds. The van der Waals surface area contributed by atoms with E-state index in [2.05, 4.69) is 61.5 Å². The fourth-order valence-electron chi connectivity index (χ4n) is 3.86. The first-order chi connectivity index (χ1) is 19.0. The van der Waals surface area contributed by atoms with E-state index >= 15 is 0 Å². The molecule has 5 heteroatoms. The molecule has 2 heterocycles. The van der Waals surface area contributed by atoms with E-state index in [0.717, 1.165) is 36.0 Å². The first-order valence-electron chi connectivity index (χ1n) is 14.3. The van der Waals surface area contributed by atoms with E-state index in [1.165, 1.54) is 19.2 Å². The molecule has 0 aliphatic heterocycles. The molecular formula is C34H53FN4. The largest absolute Gasteiger partial charge is 0.361 e. The van der Waals surface area contributed by atoms with Crippen LogP contribution in [0.15, 0.2) is 75.1 Å². The molecule has 2 unspecified atom stereocenters. The Bertz CT molecular complexity index is 1060. The van der Waals surface area contributed by atoms with Gasteiger partial charge in [-0.1, -0.05) is 111 Å². The van der Waals surface area contributed by atoms with Gasteiger partial charge in [0.15, 0.2) is 5.82 Å². The van der Waals surface area contributed by atoms with Crippen LogP contribution in [-0.2, 0) is 6.42 Å². The summed E-state index contributed by atoms with van der Waals surface area (Å²) < 4.78 is 14.7. The number of aromatic nitrogens is 3. The molecule has 0 bridgehead atoms. The number of nitrogens with one attached hydrogen (secondary N) is 1. The van der Waals surface area contributed by atoms with E-state index in [0.29, 0.717) is 22.9 Å². The van der Waals surface area contributed by atoms with Crippen molar-refractivity contribution >= 4 is 16.9 Å². The highest BCUT2D eigenvalue weighted by Gasteiger charge is 2.18. The van der Waals surface area contributed by atoms with Crippen LogP contribution < -0.4 is 5.32 Å². The quantitative estimate of drug-likeness (QED) is 0.207. The molecule has 3 aromatic rings. The average molecular weight is 537 g/mol. The summed E-state index contributed by atoms with van der Waals surface area (Å²) in [6.07, 6.45) is 10.0. The molecule has 2 atom stereocenters. The van der Waals surface area contributed by atoms with Crippen molar-refractivity contribution < 1.29 is 4.39 Å². The highest BCUT2D eigenvalue weighted by atomic mass is 19.1. The molecule has 0 fully saturated rings. The minimum atomic E-state index is -0.179. The van der Waals surface area contributed by atoms with Gasteiger partial charge in [0.2, 0.25) is 0 Å². The summed E-state index contributed by atoms with van der Waals surface area (Å²) in [7, 11) is 0. The van der Waals surface area contributed by atoms with Crippen molar-refractivity contribution in [2.45, 2.75) is 93.5 Å². The molecule has 4 nitrogen and oxygen atoms in total. The number of hydrogen-bond acceptors (Lipinski definition) is 4. The highest BCUT2D eigenvalue weighted by molar-refractivity contribution is 5.85. The van der Waals surface area contributed by atoms with Gasteiger partial charge in [0, 0.05) is 11.3 Å². The van der Waals surface area contributed by atoms with E-state index < -0.39 is 0 Å². The number of nitrogens with zero attached hydrogens (tertiary/aromatic N) is 3. The van der Waals surface area contributed by atoms with Gasteiger partial charge in [-0.05, 0) is 43.4 Å². The van der Waals surface area contributed by atoms with Crippen LogP contribution in [0.5, 0.6) is 0 Å². The van der Waals surface area contributed by atoms with Gasteiger partial charge in [-0.2, -0.15) is 0 Å². The molecule has 0 saturated heterocycles. The zero-order chi connectivity index (χ0) is 30.2. The van der Waals surface area contributed by atoms with Gasteiger partial charge in [-0.15, -0.1) is 13.2 Å². The summed E-state index contributed by atoms with van der Waals surface area (Å²) in [5.74, 6) is 1.13. The van der Waals surface area contributed by atoms with Crippen LogP contribution in [0.2, 0.25) is 0 Å². The number of aryl methyl sites for hydroxylation is 1. The van der Waals surface area contributed by atoms with Gasteiger partial charge in [-0.25, -0.2) is 19.3 Å². The maximum atomic E-state index is 14.7. The first-order valence-corrected chi connectivity index (χ1v) is 14.3. The molecule has 0 saturated carbocycles. The minimum absolute atomic E-state index is 0.163. The maximum absolute atomic E-state index is 14.7. The van der Waals surface area contributed by atoms with Crippen molar-refractivity contribution in [2.75, 3.05) is 5.32 Å². The van der Waals surface area contributed by atoms with Gasteiger partial charge in [0.05, 0.1) is 11.6 Å². The van der Waals surface area contributed by atoms with Crippen LogP contribution in [0.1, 0.15) is 97.0 Å². The van der Waals surface area contributed by atoms with Crippen LogP contribution >= 0.6 is 0 Å². The Morgan fingerprint density at radius 2 is 1.56 bits per heavy atom. The fraction of sp³-hybridized carbons (Fsp3) is 0.441. The first kappa shape index (κ1) is 37.8. The maximum Gasteiger partial charge on any atom is 0.156 e. The molecule has 2 aromatic heterocycles. The summed E-state index contributed by atoms with van der Waals surface area (Å²) in [6, 6.07) is 9.42. The summed E-state index contributed by atoms with van der Waals surface area (Å²) in [5.41, 5.74) is 3.92. The molecule has 1 N–H and O–H groups in total. The number of rotatable bonds is 10. The predicted molar refractivity (Wildman–Crippen MR) is 172 cm³/mol. The van der Waals surface area contributed by atoms with E-state index in [-0.39, 0.29) is 11.9 Å². The molecule has 0 aliphatic rings. The Labute approximate surface area is 238 Å². The van der Waals surface area contributed by atoms with Gasteiger partial charge < -0.3 is 5.32 Å². The van der Waals surface area contributed by atoms with E-state index in [1.54, 1.807) is 25.1 Å². The third-order valence-corrected chi connectivity index (χ3v) is 5.79. The molecule has 216 valence electrons. The van der Waals surface area contributed by atoms with Crippen LogP contribution in [0.25, 0.3) is 11.0 Å². The second-order valence-electron chi connectivity index (χ2n) is 8.21. The number of hydrogen-bond donors (Lipinski definition) is 1. The van der Waals surface area contributed by atoms with E-state index in [9.17, 15) is 4.39 Å². The molecular weight excluding hydrogens is 483 g/mol. The van der Waals surface area contributed by atoms with E-state index in [4.69, 9.17) is 4.98 Å². The Hall–Kier alpha value is -3.34. The Kier molecular flexibility index (Phi) is 23.0. The second kappa shape index (κ2) is 23.8. The Morgan fingerprint density at radius 3 is 2.10 bits per heavy atom. The van der Waals surface area contributed by atoms with Crippen molar-refractivity contribution in [2.24, 2.45) is 5.92 Å². The lowest BCUT2D eigenvalue weighted by Gasteiger charge is -2.20. The average Bonchev–Trinajstić information content (AvgIpc) is 3.00. The number of halogens is 1. The summed E-state index contributed by atoms with van der Waals surface area (Å²) >= 11 is 0. The van der Waals surface area contributed by atoms with Gasteiger partial charge >= 0.3 is 0 Å². The monoisotopic (exact) mass is 536 g/mol. The van der Waals surface area contributed by atoms with Crippen molar-refractivity contribution in [3.63, 3.8) is 0 Å². The molecule has 39 heavy (non-hydrogen) atoms. The number of anilines is 1. The molecule has 3 rings (SSSR count). The highest BCUT2D eigenvalue weighted by Crippen LogP contribution is 2.28. The van der Waals surface area contributed by atoms with Crippen LogP contribution in [0, 0.1) is 18.7 Å². The lowest BCUT2D eigenvalue weighted by molar-refractivity contribution is 0.458. The van der Waals surface area contributed by atoms with Crippen LogP contribution in [-0.4, -0.2) is 15.0 Å². The Balaban J connectivity index is 0. The summed E-state index contributed by atoms with van der Waals surface area (Å²) in [4.78, 5) is 13.7. The topological polar surface area (TPSA) is 50.7 Å². The van der Waals surface area contributed by atoms with Crippen molar-refractivity contribution in [1.82, 2.24) is 15.0 Å². The van der Waals surface area contributed by atoms with Crippen LogP contribution in [0.3, 0.4) is 0 Å². The molecule has 1 aromatic carbocycles. The zero-order valence-electron chi connectivity index (χ0n) is 25.9. The third-order valence-electron chi connectivity index (χ3n) is 5.79. The molecule has 0 radical (unpaired) electrons. The minimum Gasteiger partial charge on any atom is -0.361 e. The number of pyridine rings is 1. The standard InChI is InChI=1S/C24H31FN4.C4H6.2C2H6.C2H4/c1-5-9-17(6-2)14-18-12-13-21-23(28-18)24(27-15-26-21)29-20(7-3)19-11-8-10-16(4)22(19)25;1-3-4-2;3*1-2/h8,10-13,15,17,20H,5-7,9,14H2,1-4H3,(H,26,27,29);3-4H,1-2H2;2*1-2H3;1-2H2. The van der Waals surface area contributed by atoms with Gasteiger partial charge in [0.1, 0.15) is 17.7 Å². The van der Waals surface area contributed by atoms with Crippen molar-refractivity contribution in [3.05, 3.63) is 97.8 Å². The van der Waals surface area contributed by atoms with E-state index in [1.807, 2.05) is 52.8 Å². The second-order valence-corrected chi connectivity index (χ2v) is 8.21. The summed E-state index contributed by atoms with van der Waals surface area (Å²) in [6.45, 7) is 29.0. The molecule has 0 aliphatic carbocycles. The summed E-state index contributed by atoms with van der Waals surface area (Å²) in [5, 5.41) is 3.42. The lowest BCUT2D eigenvalue weighted by atomic mass is 9.95. The number of allylic oxidation sites excluding steroid dienone is 2. The third kappa shape index (κ3) is 12.8. The van der Waals surface area contributed by atoms with Gasteiger partial charge in [-0.3, -0.25) is 0 Å². The number of benzene rings is 1. The SMILES string of the molecule is C=C.C=CC=C.CC.CC.CCCC(CC)Cc1ccc2ncnc(NC(CC)c3cccc(C)c3F)c2n1. The predicted octanol–water partition coefficient (Wildman–Crippen LogP) is 10.6.